The second kappa shape index (κ2) is 3.99. The molecule has 0 aliphatic carbocycles. The summed E-state index contributed by atoms with van der Waals surface area (Å²) in [5.41, 5.74) is 2.64. The van der Waals surface area contributed by atoms with Gasteiger partial charge >= 0.3 is 0 Å². The molecule has 0 spiro atoms. The zero-order chi connectivity index (χ0) is 12.7. The highest BCUT2D eigenvalue weighted by molar-refractivity contribution is 7.71. The number of hydrogen-bond acceptors (Lipinski definition) is 3. The maximum absolute atomic E-state index is 9.93. The molecule has 0 amide bonds. The van der Waals surface area contributed by atoms with Crippen LogP contribution in [0.3, 0.4) is 0 Å². The van der Waals surface area contributed by atoms with E-state index in [-0.39, 0.29) is 5.88 Å². The van der Waals surface area contributed by atoms with Crippen LogP contribution in [0.15, 0.2) is 24.5 Å². The molecule has 18 heavy (non-hydrogen) atoms. The van der Waals surface area contributed by atoms with Crippen LogP contribution in [0.4, 0.5) is 0 Å². The maximum atomic E-state index is 9.93. The number of aromatic nitrogens is 4. The average molecular weight is 260 g/mol. The van der Waals surface area contributed by atoms with Crippen molar-refractivity contribution in [3.05, 3.63) is 40.6 Å². The first-order chi connectivity index (χ1) is 8.66. The van der Waals surface area contributed by atoms with E-state index in [2.05, 4.69) is 15.0 Å². The summed E-state index contributed by atoms with van der Waals surface area (Å²) in [5.74, 6) is 0.179. The van der Waals surface area contributed by atoms with Gasteiger partial charge in [0.2, 0.25) is 5.88 Å². The lowest BCUT2D eigenvalue weighted by atomic mass is 10.1. The quantitative estimate of drug-likeness (QED) is 0.619. The van der Waals surface area contributed by atoms with Crippen molar-refractivity contribution in [2.24, 2.45) is 7.05 Å². The minimum absolute atomic E-state index is 0.179. The fourth-order valence-corrected chi connectivity index (χ4v) is 2.25. The molecule has 0 atom stereocenters. The predicted molar refractivity (Wildman–Crippen MR) is 71.2 cm³/mol. The van der Waals surface area contributed by atoms with Crippen LogP contribution in [0.25, 0.3) is 11.0 Å². The van der Waals surface area contributed by atoms with Crippen molar-refractivity contribution in [2.45, 2.75) is 6.42 Å². The Morgan fingerprint density at radius 2 is 2.33 bits per heavy atom. The van der Waals surface area contributed by atoms with Gasteiger partial charge in [-0.05, 0) is 29.9 Å². The van der Waals surface area contributed by atoms with E-state index in [9.17, 15) is 5.11 Å². The van der Waals surface area contributed by atoms with Crippen molar-refractivity contribution in [1.82, 2.24) is 19.5 Å². The van der Waals surface area contributed by atoms with Gasteiger partial charge in [-0.3, -0.25) is 4.57 Å². The Morgan fingerprint density at radius 1 is 1.50 bits per heavy atom. The Bertz CT molecular complexity index is 768. The third-order valence-electron chi connectivity index (χ3n) is 3.05. The number of pyridine rings is 1. The number of aromatic hydroxyl groups is 1. The largest absolute Gasteiger partial charge is 0.493 e. The molecule has 0 bridgehead atoms. The van der Waals surface area contributed by atoms with Crippen molar-refractivity contribution in [3.8, 4) is 5.88 Å². The number of fused-ring (bicyclic) bond motifs is 1. The van der Waals surface area contributed by atoms with Crippen LogP contribution in [0.1, 0.15) is 11.3 Å². The number of rotatable bonds is 2. The van der Waals surface area contributed by atoms with E-state index in [1.165, 1.54) is 0 Å². The van der Waals surface area contributed by atoms with E-state index in [1.54, 1.807) is 17.8 Å². The third kappa shape index (κ3) is 1.62. The molecule has 0 saturated carbocycles. The highest BCUT2D eigenvalue weighted by Crippen LogP contribution is 2.23. The van der Waals surface area contributed by atoms with Gasteiger partial charge in [0.15, 0.2) is 4.77 Å². The number of aromatic amines is 2. The van der Waals surface area contributed by atoms with Crippen molar-refractivity contribution >= 4 is 23.3 Å². The molecule has 92 valence electrons. The zero-order valence-corrected chi connectivity index (χ0v) is 10.6. The summed E-state index contributed by atoms with van der Waals surface area (Å²) < 4.78 is 2.07. The van der Waals surface area contributed by atoms with Crippen LogP contribution in [0.5, 0.6) is 5.88 Å². The number of nitrogens with zero attached hydrogens (tertiary/aromatic N) is 2. The van der Waals surface area contributed by atoms with Crippen LogP contribution in [0, 0.1) is 4.77 Å². The van der Waals surface area contributed by atoms with Crippen LogP contribution < -0.4 is 0 Å². The lowest BCUT2D eigenvalue weighted by Crippen LogP contribution is -1.89. The summed E-state index contributed by atoms with van der Waals surface area (Å²) >= 11 is 5.08. The summed E-state index contributed by atoms with van der Waals surface area (Å²) in [5, 5.41) is 11.0. The van der Waals surface area contributed by atoms with Crippen LogP contribution in [-0.2, 0) is 13.5 Å². The van der Waals surface area contributed by atoms with Crippen molar-refractivity contribution < 1.29 is 5.11 Å². The van der Waals surface area contributed by atoms with Crippen LogP contribution >= 0.6 is 12.2 Å². The van der Waals surface area contributed by atoms with Gasteiger partial charge in [0.1, 0.15) is 5.65 Å². The van der Waals surface area contributed by atoms with Gasteiger partial charge in [0, 0.05) is 31.2 Å². The standard InChI is InChI=1S/C12H12N4OS/c1-16-11(17)9(15-12(16)18)5-7-6-14-10-8(7)3-2-4-13-10/h2-4,6,17H,5H2,1H3,(H,13,14)(H,15,18). The fourth-order valence-electron chi connectivity index (χ4n) is 2.04. The Labute approximate surface area is 108 Å². The van der Waals surface area contributed by atoms with Gasteiger partial charge in [0.25, 0.3) is 0 Å². The normalized spacial score (nSPS) is 11.2. The van der Waals surface area contributed by atoms with E-state index in [4.69, 9.17) is 12.2 Å². The number of hydrogen-bond donors (Lipinski definition) is 3. The predicted octanol–water partition coefficient (Wildman–Crippen LogP) is 2.26. The fraction of sp³-hybridized carbons (Fsp3) is 0.167. The highest BCUT2D eigenvalue weighted by Gasteiger charge is 2.11. The molecule has 0 aliphatic heterocycles. The summed E-state index contributed by atoms with van der Waals surface area (Å²) in [7, 11) is 1.73. The van der Waals surface area contributed by atoms with Gasteiger partial charge in [-0.1, -0.05) is 0 Å². The van der Waals surface area contributed by atoms with Crippen molar-refractivity contribution in [1.29, 1.82) is 0 Å². The van der Waals surface area contributed by atoms with Crippen molar-refractivity contribution in [2.75, 3.05) is 0 Å². The van der Waals surface area contributed by atoms with Gasteiger partial charge < -0.3 is 15.1 Å². The second-order valence-electron chi connectivity index (χ2n) is 4.18. The Kier molecular flexibility index (Phi) is 2.45. The second-order valence-corrected chi connectivity index (χ2v) is 4.57. The molecule has 6 heteroatoms. The molecule has 3 N–H and O–H groups in total. The van der Waals surface area contributed by atoms with Crippen LogP contribution in [-0.4, -0.2) is 24.6 Å². The molecular weight excluding hydrogens is 248 g/mol. The van der Waals surface area contributed by atoms with Gasteiger partial charge in [-0.2, -0.15) is 0 Å². The molecule has 3 rings (SSSR count). The number of nitrogens with one attached hydrogen (secondary N) is 2. The third-order valence-corrected chi connectivity index (χ3v) is 3.43. The van der Waals surface area contributed by atoms with Gasteiger partial charge in [-0.15, -0.1) is 0 Å². The first-order valence-electron chi connectivity index (χ1n) is 5.54. The Morgan fingerprint density at radius 3 is 3.06 bits per heavy atom. The molecule has 0 aliphatic rings. The Hall–Kier alpha value is -2.08. The molecule has 0 radical (unpaired) electrons. The summed E-state index contributed by atoms with van der Waals surface area (Å²) in [4.78, 5) is 10.4. The molecule has 0 unspecified atom stereocenters. The topological polar surface area (TPSA) is 69.6 Å². The molecule has 3 aromatic heterocycles. The smallest absolute Gasteiger partial charge is 0.213 e. The molecule has 3 heterocycles. The molecule has 0 saturated heterocycles. The molecule has 0 aromatic carbocycles. The summed E-state index contributed by atoms with van der Waals surface area (Å²) in [6.07, 6.45) is 4.24. The van der Waals surface area contributed by atoms with Gasteiger partial charge in [-0.25, -0.2) is 4.98 Å². The lowest BCUT2D eigenvalue weighted by molar-refractivity contribution is 0.426. The minimum atomic E-state index is 0.179. The molecule has 0 fully saturated rings. The van der Waals surface area contributed by atoms with Crippen molar-refractivity contribution in [3.63, 3.8) is 0 Å². The summed E-state index contributed by atoms with van der Waals surface area (Å²) in [6.45, 7) is 0. The summed E-state index contributed by atoms with van der Waals surface area (Å²) in [6, 6.07) is 3.90. The monoisotopic (exact) mass is 260 g/mol. The van der Waals surface area contributed by atoms with E-state index in [1.807, 2.05) is 18.3 Å². The SMILES string of the molecule is Cn1c(O)c(Cc2c[nH]c3ncccc23)[nH]c1=S. The first-order valence-corrected chi connectivity index (χ1v) is 5.95. The first kappa shape index (κ1) is 11.0. The number of H-pyrrole nitrogens is 2. The minimum Gasteiger partial charge on any atom is -0.493 e. The molecule has 3 aromatic rings. The molecule has 5 nitrogen and oxygen atoms in total. The van der Waals surface area contributed by atoms with E-state index in [0.717, 1.165) is 16.6 Å². The van der Waals surface area contributed by atoms with Crippen LogP contribution in [0.2, 0.25) is 0 Å². The van der Waals surface area contributed by atoms with E-state index < -0.39 is 0 Å². The number of imidazole rings is 1. The maximum Gasteiger partial charge on any atom is 0.213 e. The Balaban J connectivity index is 2.06. The van der Waals surface area contributed by atoms with E-state index in [0.29, 0.717) is 16.9 Å². The van der Waals surface area contributed by atoms with Gasteiger partial charge in [0.05, 0.1) is 5.69 Å². The van der Waals surface area contributed by atoms with E-state index >= 15 is 0 Å². The highest BCUT2D eigenvalue weighted by atomic mass is 32.1. The average Bonchev–Trinajstić information content (AvgIpc) is 2.89. The zero-order valence-electron chi connectivity index (χ0n) is 9.77. The lowest BCUT2D eigenvalue weighted by Gasteiger charge is -1.98. The molecular formula is C12H12N4OS.